The van der Waals surface area contributed by atoms with E-state index < -0.39 is 28.8 Å². The van der Waals surface area contributed by atoms with Crippen LogP contribution in [0.15, 0.2) is 78.7 Å². The number of hydrogen-bond acceptors (Lipinski definition) is 7. The van der Waals surface area contributed by atoms with Gasteiger partial charge in [0.2, 0.25) is 0 Å². The Kier molecular flexibility index (Phi) is 17.6. The van der Waals surface area contributed by atoms with Crippen LogP contribution in [0, 0.1) is 6.92 Å². The molecule has 2 heterocycles. The fourth-order valence-electron chi connectivity index (χ4n) is 6.70. The summed E-state index contributed by atoms with van der Waals surface area (Å²) in [6.07, 6.45) is 7.29. The maximum absolute atomic E-state index is 14.9. The normalized spacial score (nSPS) is 13.8. The molecule has 3 amide bonds. The zero-order valence-corrected chi connectivity index (χ0v) is 35.8. The number of carbonyl (C=O) groups is 3. The number of carbonyl (C=O) groups excluding carboxylic acids is 3. The molecule has 58 heavy (non-hydrogen) atoms. The third kappa shape index (κ3) is 10.8. The number of halogens is 1. The molecule has 0 saturated carbocycles. The van der Waals surface area contributed by atoms with Gasteiger partial charge < -0.3 is 19.6 Å². The van der Waals surface area contributed by atoms with Crippen LogP contribution in [0.25, 0.3) is 17.8 Å². The minimum absolute atomic E-state index is 0.0792. The Hall–Kier alpha value is -4.88. The number of nitrogens with zero attached hydrogens (tertiary/aromatic N) is 4. The summed E-state index contributed by atoms with van der Waals surface area (Å²) >= 11 is 6.87. The quantitative estimate of drug-likeness (QED) is 0.0966. The Morgan fingerprint density at radius 1 is 1.00 bits per heavy atom. The van der Waals surface area contributed by atoms with Crippen molar-refractivity contribution in [3.8, 4) is 5.69 Å². The average molecular weight is 830 g/mol. The highest BCUT2D eigenvalue weighted by atomic mass is 35.5. The number of fused-ring (bicyclic) bond motifs is 1. The molecule has 2 N–H and O–H groups in total. The molecule has 4 aromatic rings. The van der Waals surface area contributed by atoms with Crippen molar-refractivity contribution in [2.45, 2.75) is 84.2 Å². The van der Waals surface area contributed by atoms with Gasteiger partial charge in [-0.3, -0.25) is 19.1 Å². The van der Waals surface area contributed by atoms with Crippen LogP contribution < -0.4 is 4.72 Å². The summed E-state index contributed by atoms with van der Waals surface area (Å²) < 4.78 is 23.2. The number of ether oxygens (including phenoxy) is 1. The minimum atomic E-state index is -1.94. The molecular weight excluding hydrogens is 774 g/mol. The van der Waals surface area contributed by atoms with Gasteiger partial charge in [0.15, 0.2) is 16.7 Å². The van der Waals surface area contributed by atoms with Crippen molar-refractivity contribution in [2.75, 3.05) is 32.9 Å². The molecule has 310 valence electrons. The second-order valence-electron chi connectivity index (χ2n) is 13.6. The molecule has 2 atom stereocenters. The van der Waals surface area contributed by atoms with Crippen LogP contribution in [0.2, 0.25) is 5.02 Å². The monoisotopic (exact) mass is 829 g/mol. The van der Waals surface area contributed by atoms with Crippen LogP contribution in [-0.2, 0) is 28.7 Å². The van der Waals surface area contributed by atoms with E-state index in [1.807, 2.05) is 38.1 Å². The van der Waals surface area contributed by atoms with Gasteiger partial charge in [0, 0.05) is 25.2 Å². The van der Waals surface area contributed by atoms with Crippen LogP contribution in [0.5, 0.6) is 0 Å². The summed E-state index contributed by atoms with van der Waals surface area (Å²) in [7, 11) is -1.94. The Bertz CT molecular complexity index is 2110. The first-order valence-corrected chi connectivity index (χ1v) is 21.5. The number of aliphatic hydroxyl groups excluding tert-OH is 1. The Morgan fingerprint density at radius 2 is 1.67 bits per heavy atom. The lowest BCUT2D eigenvalue weighted by Gasteiger charge is -2.37. The SMILES string of the molecule is C=Cc1ccc(S(=O)NC(=O)c2ccc(-n3nc(C(=O)N(CCCC)CCCC)c(Cl)c3C)c(C(=O)N3Cc4ccccc4C[C@H]3COCCO)c2)cc1C=C.CC. The Labute approximate surface area is 350 Å². The van der Waals surface area contributed by atoms with E-state index in [4.69, 9.17) is 21.4 Å². The second-order valence-corrected chi connectivity index (χ2v) is 15.2. The molecule has 0 saturated heterocycles. The first kappa shape index (κ1) is 45.8. The van der Waals surface area contributed by atoms with Crippen molar-refractivity contribution in [1.82, 2.24) is 24.3 Å². The van der Waals surface area contributed by atoms with Gasteiger partial charge in [-0.1, -0.05) is 108 Å². The van der Waals surface area contributed by atoms with E-state index >= 15 is 0 Å². The number of nitrogens with one attached hydrogen (secondary N) is 1. The maximum atomic E-state index is 14.9. The van der Waals surface area contributed by atoms with Gasteiger partial charge in [0.05, 0.1) is 52.7 Å². The number of amides is 3. The van der Waals surface area contributed by atoms with Gasteiger partial charge >= 0.3 is 0 Å². The molecular formula is C45H56ClN5O6S. The summed E-state index contributed by atoms with van der Waals surface area (Å²) in [6.45, 7) is 19.0. The van der Waals surface area contributed by atoms with E-state index in [2.05, 4.69) is 31.7 Å². The average Bonchev–Trinajstić information content (AvgIpc) is 3.55. The molecule has 1 aromatic heterocycles. The lowest BCUT2D eigenvalue weighted by Crippen LogP contribution is -2.47. The summed E-state index contributed by atoms with van der Waals surface area (Å²) in [5.74, 6) is -1.37. The van der Waals surface area contributed by atoms with Gasteiger partial charge in [-0.2, -0.15) is 5.10 Å². The number of aliphatic hydroxyl groups is 1. The predicted molar refractivity (Wildman–Crippen MR) is 233 cm³/mol. The summed E-state index contributed by atoms with van der Waals surface area (Å²) in [5, 5.41) is 14.3. The molecule has 0 fully saturated rings. The van der Waals surface area contributed by atoms with Crippen molar-refractivity contribution in [2.24, 2.45) is 0 Å². The molecule has 1 aliphatic heterocycles. The van der Waals surface area contributed by atoms with E-state index in [1.54, 1.807) is 53.1 Å². The molecule has 1 unspecified atom stereocenters. The van der Waals surface area contributed by atoms with E-state index in [9.17, 15) is 23.7 Å². The lowest BCUT2D eigenvalue weighted by molar-refractivity contribution is 0.0278. The van der Waals surface area contributed by atoms with Gasteiger partial charge in [-0.15, -0.1) is 0 Å². The summed E-state index contributed by atoms with van der Waals surface area (Å²) in [6, 6.07) is 17.1. The topological polar surface area (TPSA) is 134 Å². The third-order valence-corrected chi connectivity index (χ3v) is 11.4. The van der Waals surface area contributed by atoms with Crippen LogP contribution in [-0.4, -0.2) is 85.6 Å². The largest absolute Gasteiger partial charge is 0.394 e. The number of benzene rings is 3. The van der Waals surface area contributed by atoms with Gasteiger partial charge in [0.25, 0.3) is 17.7 Å². The predicted octanol–water partition coefficient (Wildman–Crippen LogP) is 8.22. The molecule has 0 bridgehead atoms. The van der Waals surface area contributed by atoms with Crippen molar-refractivity contribution in [1.29, 1.82) is 0 Å². The van der Waals surface area contributed by atoms with Gasteiger partial charge in [-0.05, 0) is 78.8 Å². The Morgan fingerprint density at radius 3 is 2.31 bits per heavy atom. The summed E-state index contributed by atoms with van der Waals surface area (Å²) in [5.41, 5.74) is 4.61. The van der Waals surface area contributed by atoms with Crippen molar-refractivity contribution < 1.29 is 28.4 Å². The molecule has 5 rings (SSSR count). The smallest absolute Gasteiger partial charge is 0.275 e. The Balaban J connectivity index is 0.00000366. The molecule has 11 nitrogen and oxygen atoms in total. The fraction of sp³-hybridized carbons (Fsp3) is 0.378. The number of aromatic nitrogens is 2. The first-order valence-electron chi connectivity index (χ1n) is 19.9. The number of hydrogen-bond donors (Lipinski definition) is 2. The van der Waals surface area contributed by atoms with Gasteiger partial charge in [-0.25, -0.2) is 8.89 Å². The van der Waals surface area contributed by atoms with Crippen LogP contribution >= 0.6 is 11.6 Å². The highest BCUT2D eigenvalue weighted by molar-refractivity contribution is 7.83. The van der Waals surface area contributed by atoms with E-state index in [-0.39, 0.29) is 54.1 Å². The molecule has 3 aromatic carbocycles. The number of unbranched alkanes of at least 4 members (excludes halogenated alkanes) is 2. The molecule has 0 radical (unpaired) electrons. The number of rotatable bonds is 18. The molecule has 1 aliphatic rings. The summed E-state index contributed by atoms with van der Waals surface area (Å²) in [4.78, 5) is 46.5. The highest BCUT2D eigenvalue weighted by Crippen LogP contribution is 2.31. The molecule has 13 heteroatoms. The molecule has 0 spiro atoms. The van der Waals surface area contributed by atoms with Crippen molar-refractivity contribution in [3.63, 3.8) is 0 Å². The van der Waals surface area contributed by atoms with Crippen molar-refractivity contribution in [3.05, 3.63) is 124 Å². The fourth-order valence-corrected chi connectivity index (χ4v) is 7.72. The van der Waals surface area contributed by atoms with Crippen molar-refractivity contribution >= 4 is 52.5 Å². The van der Waals surface area contributed by atoms with Crippen LogP contribution in [0.1, 0.15) is 113 Å². The van der Waals surface area contributed by atoms with E-state index in [1.165, 1.54) is 16.8 Å². The first-order chi connectivity index (χ1) is 28.1. The zero-order chi connectivity index (χ0) is 42.4. The second kappa shape index (κ2) is 22.3. The third-order valence-electron chi connectivity index (χ3n) is 9.87. The van der Waals surface area contributed by atoms with Gasteiger partial charge in [0.1, 0.15) is 0 Å². The molecule has 0 aliphatic carbocycles. The zero-order valence-electron chi connectivity index (χ0n) is 34.3. The van der Waals surface area contributed by atoms with Crippen LogP contribution in [0.3, 0.4) is 0 Å². The van der Waals surface area contributed by atoms with E-state index in [0.29, 0.717) is 41.4 Å². The van der Waals surface area contributed by atoms with Crippen LogP contribution in [0.4, 0.5) is 0 Å². The standard InChI is InChI=1S/C43H50ClN5O6S.C2H6/c1-6-10-20-47(21-11-7-2)43(53)40-39(44)29(5)49(45-40)38-19-17-33(41(51)46-56(54)36-18-16-30(8-3)31(9-4)25-36)26-37(38)42(52)48-27-34-15-13-12-14-32(34)24-35(48)28-55-23-22-50;1-2/h8-9,12-19,25-26,35,50H,3-4,6-7,10-11,20-24,27-28H2,1-2,5H3,(H,46,51);1-2H3/t35-,56?;/m0./s1. The lowest BCUT2D eigenvalue weighted by atomic mass is 9.93. The maximum Gasteiger partial charge on any atom is 0.275 e. The highest BCUT2D eigenvalue weighted by Gasteiger charge is 2.34. The minimum Gasteiger partial charge on any atom is -0.394 e. The van der Waals surface area contributed by atoms with E-state index in [0.717, 1.165) is 42.4 Å².